The van der Waals surface area contributed by atoms with E-state index in [2.05, 4.69) is 10.3 Å². The van der Waals surface area contributed by atoms with Gasteiger partial charge in [0.15, 0.2) is 6.61 Å². The third-order valence-electron chi connectivity index (χ3n) is 4.44. The Morgan fingerprint density at radius 3 is 2.71 bits per heavy atom. The van der Waals surface area contributed by atoms with E-state index in [0.717, 1.165) is 28.1 Å². The summed E-state index contributed by atoms with van der Waals surface area (Å²) >= 11 is 1.50. The Labute approximate surface area is 166 Å². The summed E-state index contributed by atoms with van der Waals surface area (Å²) in [5.74, 6) is 0.0709. The van der Waals surface area contributed by atoms with E-state index >= 15 is 0 Å². The van der Waals surface area contributed by atoms with Crippen molar-refractivity contribution in [1.29, 1.82) is 0 Å². The van der Waals surface area contributed by atoms with E-state index < -0.39 is 0 Å². The number of carbonyl (C=O) groups excluding carboxylic acids is 2. The highest BCUT2D eigenvalue weighted by molar-refractivity contribution is 7.07. The Hall–Kier alpha value is -3.19. The van der Waals surface area contributed by atoms with Crippen molar-refractivity contribution in [1.82, 2.24) is 4.98 Å². The molecule has 2 amide bonds. The summed E-state index contributed by atoms with van der Waals surface area (Å²) in [5, 5.41) is 4.81. The minimum Gasteiger partial charge on any atom is -0.482 e. The second-order valence-electron chi connectivity index (χ2n) is 6.75. The quantitative estimate of drug-likeness (QED) is 0.732. The van der Waals surface area contributed by atoms with Crippen LogP contribution >= 0.6 is 11.3 Å². The number of ether oxygens (including phenoxy) is 1. The van der Waals surface area contributed by atoms with Gasteiger partial charge in [0, 0.05) is 16.6 Å². The average molecular weight is 393 g/mol. The normalized spacial score (nSPS) is 13.1. The number of nitrogens with zero attached hydrogens (tertiary/aromatic N) is 2. The summed E-state index contributed by atoms with van der Waals surface area (Å²) < 4.78 is 5.53. The van der Waals surface area contributed by atoms with Crippen molar-refractivity contribution in [2.45, 2.75) is 13.8 Å². The summed E-state index contributed by atoms with van der Waals surface area (Å²) in [7, 11) is 0. The number of carbonyl (C=O) groups is 2. The predicted octanol–water partition coefficient (Wildman–Crippen LogP) is 3.79. The molecule has 0 spiro atoms. The van der Waals surface area contributed by atoms with E-state index in [1.165, 1.54) is 16.2 Å². The van der Waals surface area contributed by atoms with Gasteiger partial charge in [-0.2, -0.15) is 0 Å². The number of fused-ring (bicyclic) bond motifs is 1. The van der Waals surface area contributed by atoms with Gasteiger partial charge in [0.25, 0.3) is 5.91 Å². The molecular formula is C21H19N3O3S. The maximum atomic E-state index is 12.6. The Bertz CT molecular complexity index is 1030. The first-order valence-electron chi connectivity index (χ1n) is 8.83. The fourth-order valence-electron chi connectivity index (χ4n) is 3.28. The lowest BCUT2D eigenvalue weighted by Gasteiger charge is -2.29. The van der Waals surface area contributed by atoms with Crippen molar-refractivity contribution in [3.8, 4) is 17.0 Å². The Morgan fingerprint density at radius 1 is 1.21 bits per heavy atom. The SMILES string of the molecule is Cc1cc(C)cc(NC(=O)CN2C(=O)COc3ccc(-c4cscn4)cc32)c1. The lowest BCUT2D eigenvalue weighted by molar-refractivity contribution is -0.123. The lowest BCUT2D eigenvalue weighted by Crippen LogP contribution is -2.43. The first-order valence-corrected chi connectivity index (χ1v) is 9.78. The van der Waals surface area contributed by atoms with Gasteiger partial charge in [-0.1, -0.05) is 6.07 Å². The molecule has 7 heteroatoms. The molecule has 3 aromatic rings. The zero-order valence-corrected chi connectivity index (χ0v) is 16.4. The lowest BCUT2D eigenvalue weighted by atomic mass is 10.1. The molecule has 0 bridgehead atoms. The highest BCUT2D eigenvalue weighted by Crippen LogP contribution is 2.36. The Kier molecular flexibility index (Phi) is 4.83. The van der Waals surface area contributed by atoms with Crippen LogP contribution in [-0.2, 0) is 9.59 Å². The van der Waals surface area contributed by atoms with Crippen molar-refractivity contribution >= 4 is 34.5 Å². The third kappa shape index (κ3) is 3.75. The van der Waals surface area contributed by atoms with Crippen LogP contribution in [0.15, 0.2) is 47.3 Å². The van der Waals surface area contributed by atoms with Crippen LogP contribution in [0.1, 0.15) is 11.1 Å². The molecule has 0 radical (unpaired) electrons. The van der Waals surface area contributed by atoms with Crippen LogP contribution in [0.3, 0.4) is 0 Å². The first-order chi connectivity index (χ1) is 13.5. The largest absolute Gasteiger partial charge is 0.482 e. The molecule has 4 rings (SSSR count). The molecule has 1 N–H and O–H groups in total. The van der Waals surface area contributed by atoms with E-state index in [-0.39, 0.29) is 25.0 Å². The number of thiazole rings is 1. The minimum absolute atomic E-state index is 0.0807. The smallest absolute Gasteiger partial charge is 0.265 e. The van der Waals surface area contributed by atoms with Gasteiger partial charge in [0.05, 0.1) is 16.9 Å². The summed E-state index contributed by atoms with van der Waals surface area (Å²) in [6, 6.07) is 11.4. The summed E-state index contributed by atoms with van der Waals surface area (Å²) in [4.78, 5) is 30.8. The molecule has 0 unspecified atom stereocenters. The number of nitrogens with one attached hydrogen (secondary N) is 1. The molecule has 2 heterocycles. The average Bonchev–Trinajstić information content (AvgIpc) is 3.17. The molecule has 1 aromatic heterocycles. The molecular weight excluding hydrogens is 374 g/mol. The van der Waals surface area contributed by atoms with Gasteiger partial charge >= 0.3 is 0 Å². The molecule has 2 aromatic carbocycles. The number of hydrogen-bond donors (Lipinski definition) is 1. The maximum Gasteiger partial charge on any atom is 0.265 e. The van der Waals surface area contributed by atoms with Gasteiger partial charge in [0.2, 0.25) is 5.91 Å². The second kappa shape index (κ2) is 7.44. The molecule has 6 nitrogen and oxygen atoms in total. The number of aryl methyl sites for hydroxylation is 2. The summed E-state index contributed by atoms with van der Waals surface area (Å²) in [6.45, 7) is 3.79. The zero-order valence-electron chi connectivity index (χ0n) is 15.6. The molecule has 1 aliphatic rings. The van der Waals surface area contributed by atoms with Gasteiger partial charge < -0.3 is 10.1 Å². The highest BCUT2D eigenvalue weighted by Gasteiger charge is 2.28. The van der Waals surface area contributed by atoms with Crippen molar-refractivity contribution in [2.75, 3.05) is 23.4 Å². The maximum absolute atomic E-state index is 12.6. The van der Waals surface area contributed by atoms with Gasteiger partial charge in [0.1, 0.15) is 12.3 Å². The van der Waals surface area contributed by atoms with Crippen LogP contribution in [0.2, 0.25) is 0 Å². The second-order valence-corrected chi connectivity index (χ2v) is 7.47. The van der Waals surface area contributed by atoms with E-state index in [0.29, 0.717) is 11.4 Å². The number of aromatic nitrogens is 1. The van der Waals surface area contributed by atoms with Crippen molar-refractivity contribution < 1.29 is 14.3 Å². The summed E-state index contributed by atoms with van der Waals surface area (Å²) in [5.41, 5.74) is 6.89. The monoisotopic (exact) mass is 393 g/mol. The molecule has 0 aliphatic carbocycles. The minimum atomic E-state index is -0.259. The van der Waals surface area contributed by atoms with Gasteiger partial charge in [-0.25, -0.2) is 4.98 Å². The topological polar surface area (TPSA) is 71.5 Å². The van der Waals surface area contributed by atoms with Crippen LogP contribution in [0.25, 0.3) is 11.3 Å². The molecule has 142 valence electrons. The van der Waals surface area contributed by atoms with Crippen LogP contribution in [0.5, 0.6) is 5.75 Å². The number of rotatable bonds is 4. The summed E-state index contributed by atoms with van der Waals surface area (Å²) in [6.07, 6.45) is 0. The number of amides is 2. The van der Waals surface area contributed by atoms with Crippen LogP contribution < -0.4 is 15.0 Å². The van der Waals surface area contributed by atoms with Gasteiger partial charge in [-0.05, 0) is 55.3 Å². The third-order valence-corrected chi connectivity index (χ3v) is 5.02. The molecule has 0 atom stereocenters. The fraction of sp³-hybridized carbons (Fsp3) is 0.190. The van der Waals surface area contributed by atoms with Crippen molar-refractivity contribution in [3.63, 3.8) is 0 Å². The van der Waals surface area contributed by atoms with E-state index in [4.69, 9.17) is 4.74 Å². The Balaban J connectivity index is 1.58. The van der Waals surface area contributed by atoms with Crippen molar-refractivity contribution in [2.24, 2.45) is 0 Å². The van der Waals surface area contributed by atoms with Crippen molar-refractivity contribution in [3.05, 3.63) is 58.4 Å². The fourth-order valence-corrected chi connectivity index (χ4v) is 3.84. The molecule has 0 saturated carbocycles. The van der Waals surface area contributed by atoms with E-state index in [1.54, 1.807) is 5.51 Å². The Morgan fingerprint density at radius 2 is 2.00 bits per heavy atom. The molecule has 1 aliphatic heterocycles. The number of anilines is 2. The van der Waals surface area contributed by atoms with Crippen LogP contribution in [0.4, 0.5) is 11.4 Å². The molecule has 0 saturated heterocycles. The predicted molar refractivity (Wildman–Crippen MR) is 110 cm³/mol. The standard InChI is InChI=1S/C21H19N3O3S/c1-13-5-14(2)7-16(6-13)23-20(25)9-24-18-8-15(17-11-28-12-22-17)3-4-19(18)27-10-21(24)26/h3-8,11-12H,9-10H2,1-2H3,(H,23,25). The van der Waals surface area contributed by atoms with Gasteiger partial charge in [-0.15, -0.1) is 11.3 Å². The number of benzene rings is 2. The van der Waals surface area contributed by atoms with E-state index in [1.807, 2.05) is 55.6 Å². The van der Waals surface area contributed by atoms with E-state index in [9.17, 15) is 9.59 Å². The van der Waals surface area contributed by atoms with Crippen LogP contribution in [-0.4, -0.2) is 29.9 Å². The van der Waals surface area contributed by atoms with Gasteiger partial charge in [-0.3, -0.25) is 14.5 Å². The highest BCUT2D eigenvalue weighted by atomic mass is 32.1. The zero-order chi connectivity index (χ0) is 19.7. The molecule has 0 fully saturated rings. The van der Waals surface area contributed by atoms with Crippen LogP contribution in [0, 0.1) is 13.8 Å². The number of hydrogen-bond acceptors (Lipinski definition) is 5. The molecule has 28 heavy (non-hydrogen) atoms. The first kappa shape index (κ1) is 18.2.